The maximum absolute atomic E-state index is 5.74. The first kappa shape index (κ1) is 13.4. The van der Waals surface area contributed by atoms with Crippen molar-refractivity contribution in [2.75, 3.05) is 20.1 Å². The molecule has 0 saturated heterocycles. The maximum Gasteiger partial charge on any atom is 0.0963 e. The lowest BCUT2D eigenvalue weighted by Gasteiger charge is -2.22. The quantitative estimate of drug-likeness (QED) is 0.523. The Balaban J connectivity index is 3.78. The maximum atomic E-state index is 5.74. The van der Waals surface area contributed by atoms with E-state index in [2.05, 4.69) is 44.6 Å². The summed E-state index contributed by atoms with van der Waals surface area (Å²) in [6.07, 6.45) is 1.18. The Kier molecular flexibility index (Phi) is 6.54. The zero-order chi connectivity index (χ0) is 11.1. The van der Waals surface area contributed by atoms with Gasteiger partial charge < -0.3 is 10.6 Å². The van der Waals surface area contributed by atoms with Gasteiger partial charge in [0.2, 0.25) is 0 Å². The number of aliphatic imine (C=N–C) groups is 1. The van der Waals surface area contributed by atoms with Gasteiger partial charge in [-0.3, -0.25) is 4.99 Å². The van der Waals surface area contributed by atoms with Crippen molar-refractivity contribution in [3.63, 3.8) is 0 Å². The van der Waals surface area contributed by atoms with Crippen molar-refractivity contribution in [1.82, 2.24) is 4.90 Å². The minimum Gasteiger partial charge on any atom is -0.387 e. The summed E-state index contributed by atoms with van der Waals surface area (Å²) in [6.45, 7) is 10.4. The monoisotopic (exact) mass is 199 g/mol. The number of hydrogen-bond donors (Lipinski definition) is 1. The zero-order valence-corrected chi connectivity index (χ0v) is 10.2. The Labute approximate surface area is 88.4 Å². The molecule has 0 fully saturated rings. The number of hydrogen-bond acceptors (Lipinski definition) is 2. The molecule has 84 valence electrons. The van der Waals surface area contributed by atoms with E-state index in [0.29, 0.717) is 12.0 Å². The Bertz CT molecular complexity index is 175. The molecular formula is C11H25N3. The summed E-state index contributed by atoms with van der Waals surface area (Å²) in [6, 6.07) is 0.630. The largest absolute Gasteiger partial charge is 0.387 e. The number of likely N-dealkylation sites (N-methyl/N-ethyl adjacent to an activating group) is 1. The first-order chi connectivity index (χ1) is 6.49. The second-order valence-corrected chi connectivity index (χ2v) is 4.20. The first-order valence-corrected chi connectivity index (χ1v) is 5.49. The molecule has 2 N–H and O–H groups in total. The summed E-state index contributed by atoms with van der Waals surface area (Å²) in [5.41, 5.74) is 5.74. The molecule has 0 aliphatic heterocycles. The van der Waals surface area contributed by atoms with E-state index in [9.17, 15) is 0 Å². The van der Waals surface area contributed by atoms with Gasteiger partial charge in [0.15, 0.2) is 0 Å². The molecule has 3 nitrogen and oxygen atoms in total. The molecule has 3 heteroatoms. The highest BCUT2D eigenvalue weighted by Crippen LogP contribution is 1.99. The fraction of sp³-hybridized carbons (Fsp3) is 0.909. The molecule has 0 aromatic rings. The van der Waals surface area contributed by atoms with Crippen LogP contribution in [0, 0.1) is 5.92 Å². The smallest absolute Gasteiger partial charge is 0.0963 e. The number of nitrogens with two attached hydrogens (primary N) is 1. The van der Waals surface area contributed by atoms with Gasteiger partial charge in [0.25, 0.3) is 0 Å². The van der Waals surface area contributed by atoms with Crippen LogP contribution >= 0.6 is 0 Å². The van der Waals surface area contributed by atoms with Gasteiger partial charge in [0.1, 0.15) is 0 Å². The van der Waals surface area contributed by atoms with Crippen LogP contribution in [0.3, 0.4) is 0 Å². The van der Waals surface area contributed by atoms with E-state index in [-0.39, 0.29) is 0 Å². The van der Waals surface area contributed by atoms with Gasteiger partial charge in [-0.25, -0.2) is 0 Å². The fourth-order valence-electron chi connectivity index (χ4n) is 1.05. The minimum absolute atomic E-state index is 0.365. The third-order valence-electron chi connectivity index (χ3n) is 2.68. The van der Waals surface area contributed by atoms with Crippen LogP contribution in [0.5, 0.6) is 0 Å². The van der Waals surface area contributed by atoms with Crippen molar-refractivity contribution in [3.8, 4) is 0 Å². The van der Waals surface area contributed by atoms with Crippen molar-refractivity contribution < 1.29 is 0 Å². The molecule has 0 bridgehead atoms. The molecule has 0 spiro atoms. The fourth-order valence-corrected chi connectivity index (χ4v) is 1.05. The average Bonchev–Trinajstić information content (AvgIpc) is 2.15. The van der Waals surface area contributed by atoms with Crippen LogP contribution in [0.25, 0.3) is 0 Å². The standard InChI is InChI=1S/C11H25N3/c1-6-10(4)14(5)8-7-13-11(12)9(2)3/h9-10H,6-8H2,1-5H3,(H2,12,13). The molecule has 0 heterocycles. The summed E-state index contributed by atoms with van der Waals surface area (Å²) >= 11 is 0. The zero-order valence-electron chi connectivity index (χ0n) is 10.2. The molecule has 1 atom stereocenters. The number of nitrogens with zero attached hydrogens (tertiary/aromatic N) is 2. The Morgan fingerprint density at radius 3 is 2.36 bits per heavy atom. The Morgan fingerprint density at radius 2 is 1.93 bits per heavy atom. The third kappa shape index (κ3) is 5.22. The molecule has 0 aromatic carbocycles. The van der Waals surface area contributed by atoms with Crippen molar-refractivity contribution >= 4 is 5.84 Å². The van der Waals surface area contributed by atoms with Crippen LogP contribution in [-0.4, -0.2) is 36.9 Å². The van der Waals surface area contributed by atoms with Crippen LogP contribution in [0.1, 0.15) is 34.1 Å². The van der Waals surface area contributed by atoms with Crippen LogP contribution in [0.2, 0.25) is 0 Å². The highest BCUT2D eigenvalue weighted by atomic mass is 15.1. The summed E-state index contributed by atoms with van der Waals surface area (Å²) < 4.78 is 0. The van der Waals surface area contributed by atoms with E-state index in [1.165, 1.54) is 6.42 Å². The van der Waals surface area contributed by atoms with E-state index >= 15 is 0 Å². The highest BCUT2D eigenvalue weighted by Gasteiger charge is 2.05. The number of amidine groups is 1. The van der Waals surface area contributed by atoms with Crippen LogP contribution in [0.4, 0.5) is 0 Å². The van der Waals surface area contributed by atoms with Crippen LogP contribution in [-0.2, 0) is 0 Å². The minimum atomic E-state index is 0.365. The van der Waals surface area contributed by atoms with Gasteiger partial charge in [-0.1, -0.05) is 20.8 Å². The van der Waals surface area contributed by atoms with E-state index in [0.717, 1.165) is 18.9 Å². The molecule has 0 aromatic heterocycles. The van der Waals surface area contributed by atoms with Crippen molar-refractivity contribution in [2.24, 2.45) is 16.6 Å². The van der Waals surface area contributed by atoms with E-state index in [1.807, 2.05) is 0 Å². The Hall–Kier alpha value is -0.570. The molecule has 0 rings (SSSR count). The SMILES string of the molecule is CCC(C)N(C)CCN=C(N)C(C)C. The third-order valence-corrected chi connectivity index (χ3v) is 2.68. The van der Waals surface area contributed by atoms with Gasteiger partial charge in [-0.05, 0) is 20.4 Å². The second kappa shape index (κ2) is 6.82. The topological polar surface area (TPSA) is 41.6 Å². The highest BCUT2D eigenvalue weighted by molar-refractivity contribution is 5.82. The molecular weight excluding hydrogens is 174 g/mol. The van der Waals surface area contributed by atoms with Gasteiger partial charge in [0.05, 0.1) is 12.4 Å². The molecule has 0 saturated carbocycles. The normalized spacial score (nSPS) is 15.2. The lowest BCUT2D eigenvalue weighted by molar-refractivity contribution is 0.259. The predicted molar refractivity (Wildman–Crippen MR) is 63.7 cm³/mol. The lowest BCUT2D eigenvalue weighted by Crippen LogP contribution is -2.31. The lowest BCUT2D eigenvalue weighted by atomic mass is 10.2. The van der Waals surface area contributed by atoms with Crippen molar-refractivity contribution in [2.45, 2.75) is 40.2 Å². The summed E-state index contributed by atoms with van der Waals surface area (Å²) in [7, 11) is 2.13. The van der Waals surface area contributed by atoms with E-state index in [1.54, 1.807) is 0 Å². The van der Waals surface area contributed by atoms with Crippen molar-refractivity contribution in [1.29, 1.82) is 0 Å². The molecule has 0 aliphatic rings. The van der Waals surface area contributed by atoms with Gasteiger partial charge >= 0.3 is 0 Å². The van der Waals surface area contributed by atoms with Gasteiger partial charge in [0, 0.05) is 18.5 Å². The second-order valence-electron chi connectivity index (χ2n) is 4.20. The average molecular weight is 199 g/mol. The summed E-state index contributed by atoms with van der Waals surface area (Å²) in [5.74, 6) is 1.13. The van der Waals surface area contributed by atoms with Gasteiger partial charge in [-0.15, -0.1) is 0 Å². The summed E-state index contributed by atoms with van der Waals surface area (Å²) in [5, 5.41) is 0. The first-order valence-electron chi connectivity index (χ1n) is 5.49. The van der Waals surface area contributed by atoms with Gasteiger partial charge in [-0.2, -0.15) is 0 Å². The molecule has 14 heavy (non-hydrogen) atoms. The number of rotatable bonds is 6. The molecule has 0 radical (unpaired) electrons. The summed E-state index contributed by atoms with van der Waals surface area (Å²) in [4.78, 5) is 6.65. The predicted octanol–water partition coefficient (Wildman–Crippen LogP) is 1.73. The molecule has 0 amide bonds. The van der Waals surface area contributed by atoms with Crippen LogP contribution in [0.15, 0.2) is 4.99 Å². The molecule has 1 unspecified atom stereocenters. The Morgan fingerprint density at radius 1 is 1.36 bits per heavy atom. The van der Waals surface area contributed by atoms with Crippen LogP contribution < -0.4 is 5.73 Å². The van der Waals surface area contributed by atoms with Crippen molar-refractivity contribution in [3.05, 3.63) is 0 Å². The van der Waals surface area contributed by atoms with E-state index < -0.39 is 0 Å². The molecule has 0 aliphatic carbocycles. The van der Waals surface area contributed by atoms with E-state index in [4.69, 9.17) is 5.73 Å².